The Morgan fingerprint density at radius 3 is 2.59 bits per heavy atom. The molecule has 0 aliphatic carbocycles. The van der Waals surface area contributed by atoms with Gasteiger partial charge < -0.3 is 15.4 Å². The Kier molecular flexibility index (Phi) is 6.50. The van der Waals surface area contributed by atoms with E-state index in [-0.39, 0.29) is 30.4 Å². The van der Waals surface area contributed by atoms with Gasteiger partial charge in [0, 0.05) is 18.0 Å². The summed E-state index contributed by atoms with van der Waals surface area (Å²) in [6.45, 7) is 1.52. The van der Waals surface area contributed by atoms with Crippen molar-refractivity contribution in [3.05, 3.63) is 70.2 Å². The first-order valence-electron chi connectivity index (χ1n) is 8.57. The van der Waals surface area contributed by atoms with Crippen molar-refractivity contribution in [2.24, 2.45) is 0 Å². The summed E-state index contributed by atoms with van der Waals surface area (Å²) in [5.74, 6) is -1.19. The molecule has 0 unspecified atom stereocenters. The molecule has 6 nitrogen and oxygen atoms in total. The zero-order valence-corrected chi connectivity index (χ0v) is 16.2. The van der Waals surface area contributed by atoms with E-state index in [0.29, 0.717) is 22.1 Å². The van der Waals surface area contributed by atoms with E-state index in [1.807, 2.05) is 0 Å². The topological polar surface area (TPSA) is 80.3 Å². The second kappa shape index (κ2) is 9.24. The molecule has 1 aromatic heterocycles. The van der Waals surface area contributed by atoms with Gasteiger partial charge in [-0.1, -0.05) is 0 Å². The molecule has 0 atom stereocenters. The molecule has 29 heavy (non-hydrogen) atoms. The van der Waals surface area contributed by atoms with E-state index >= 15 is 0 Å². The van der Waals surface area contributed by atoms with Crippen LogP contribution in [0.25, 0.3) is 0 Å². The van der Waals surface area contributed by atoms with E-state index in [2.05, 4.69) is 15.6 Å². The van der Waals surface area contributed by atoms with Crippen molar-refractivity contribution in [2.45, 2.75) is 20.0 Å². The molecule has 0 aliphatic heterocycles. The van der Waals surface area contributed by atoms with Crippen molar-refractivity contribution in [2.75, 3.05) is 10.6 Å². The summed E-state index contributed by atoms with van der Waals surface area (Å²) < 4.78 is 32.3. The quantitative estimate of drug-likeness (QED) is 0.606. The second-order valence-corrected chi connectivity index (χ2v) is 7.02. The van der Waals surface area contributed by atoms with Crippen LogP contribution in [-0.2, 0) is 22.6 Å². The standard InChI is InChI=1S/C20H17F2N3O3S/c1-12(26)23-14-4-7-17(22)18(8-14)25-19(27)9-15-11-29-20(24-15)10-28-16-5-2-13(21)3-6-16/h2-8,11H,9-10H2,1H3,(H,23,26)(H,25,27). The highest BCUT2D eigenvalue weighted by Gasteiger charge is 2.12. The number of thiazole rings is 1. The number of nitrogens with zero attached hydrogens (tertiary/aromatic N) is 1. The van der Waals surface area contributed by atoms with Gasteiger partial charge in [0.2, 0.25) is 11.8 Å². The Bertz CT molecular complexity index is 1020. The average Bonchev–Trinajstić information content (AvgIpc) is 3.11. The lowest BCUT2D eigenvalue weighted by atomic mass is 10.2. The first-order chi connectivity index (χ1) is 13.9. The third kappa shape index (κ3) is 6.08. The number of carbonyl (C=O) groups is 2. The lowest BCUT2D eigenvalue weighted by Crippen LogP contribution is -2.16. The van der Waals surface area contributed by atoms with E-state index in [1.54, 1.807) is 5.38 Å². The molecule has 0 saturated carbocycles. The van der Waals surface area contributed by atoms with Gasteiger partial charge in [0.25, 0.3) is 0 Å². The Morgan fingerprint density at radius 2 is 1.86 bits per heavy atom. The number of amides is 2. The largest absolute Gasteiger partial charge is 0.486 e. The third-order valence-corrected chi connectivity index (χ3v) is 4.55. The Balaban J connectivity index is 1.56. The monoisotopic (exact) mass is 417 g/mol. The fourth-order valence-electron chi connectivity index (χ4n) is 2.43. The minimum absolute atomic E-state index is 0.0312. The van der Waals surface area contributed by atoms with Crippen LogP contribution in [0.1, 0.15) is 17.6 Å². The van der Waals surface area contributed by atoms with Crippen LogP contribution in [0.3, 0.4) is 0 Å². The average molecular weight is 417 g/mol. The van der Waals surface area contributed by atoms with Gasteiger partial charge in [-0.25, -0.2) is 13.8 Å². The molecule has 0 aliphatic rings. The van der Waals surface area contributed by atoms with E-state index < -0.39 is 11.7 Å². The fraction of sp³-hybridized carbons (Fsp3) is 0.150. The van der Waals surface area contributed by atoms with Crippen LogP contribution in [0.4, 0.5) is 20.2 Å². The van der Waals surface area contributed by atoms with Crippen LogP contribution in [0.15, 0.2) is 47.8 Å². The molecule has 0 bridgehead atoms. The van der Waals surface area contributed by atoms with Crippen LogP contribution in [-0.4, -0.2) is 16.8 Å². The molecule has 3 aromatic rings. The van der Waals surface area contributed by atoms with Gasteiger partial charge in [-0.15, -0.1) is 11.3 Å². The van der Waals surface area contributed by atoms with Crippen LogP contribution in [0.5, 0.6) is 5.75 Å². The summed E-state index contributed by atoms with van der Waals surface area (Å²) in [7, 11) is 0. The summed E-state index contributed by atoms with van der Waals surface area (Å²) in [6.07, 6.45) is -0.0448. The third-order valence-electron chi connectivity index (χ3n) is 3.68. The highest BCUT2D eigenvalue weighted by atomic mass is 32.1. The zero-order chi connectivity index (χ0) is 20.8. The smallest absolute Gasteiger partial charge is 0.230 e. The minimum atomic E-state index is -0.612. The lowest BCUT2D eigenvalue weighted by Gasteiger charge is -2.08. The molecule has 3 rings (SSSR count). The van der Waals surface area contributed by atoms with Gasteiger partial charge in [-0.05, 0) is 42.5 Å². The van der Waals surface area contributed by atoms with Crippen molar-refractivity contribution < 1.29 is 23.1 Å². The first-order valence-corrected chi connectivity index (χ1v) is 9.45. The molecule has 0 radical (unpaired) electrons. The number of carbonyl (C=O) groups excluding carboxylic acids is 2. The molecule has 9 heteroatoms. The van der Waals surface area contributed by atoms with Gasteiger partial charge in [-0.2, -0.15) is 0 Å². The summed E-state index contributed by atoms with van der Waals surface area (Å²) in [4.78, 5) is 27.6. The number of aromatic nitrogens is 1. The van der Waals surface area contributed by atoms with Crippen LogP contribution >= 0.6 is 11.3 Å². The molecule has 0 fully saturated rings. The predicted molar refractivity (Wildman–Crippen MR) is 106 cm³/mol. The van der Waals surface area contributed by atoms with E-state index in [0.717, 1.165) is 6.07 Å². The Morgan fingerprint density at radius 1 is 1.10 bits per heavy atom. The van der Waals surface area contributed by atoms with Crippen LogP contribution in [0, 0.1) is 11.6 Å². The van der Waals surface area contributed by atoms with Gasteiger partial charge in [0.05, 0.1) is 17.8 Å². The van der Waals surface area contributed by atoms with E-state index in [1.165, 1.54) is 54.7 Å². The number of benzene rings is 2. The van der Waals surface area contributed by atoms with Gasteiger partial charge in [-0.3, -0.25) is 9.59 Å². The maximum atomic E-state index is 13.9. The zero-order valence-electron chi connectivity index (χ0n) is 15.4. The molecule has 0 spiro atoms. The first kappa shape index (κ1) is 20.4. The summed E-state index contributed by atoms with van der Waals surface area (Å²) in [5, 5.41) is 7.37. The van der Waals surface area contributed by atoms with Crippen molar-refractivity contribution in [3.63, 3.8) is 0 Å². The van der Waals surface area contributed by atoms with Crippen LogP contribution in [0.2, 0.25) is 0 Å². The molecule has 2 amide bonds. The molecule has 1 heterocycles. The lowest BCUT2D eigenvalue weighted by molar-refractivity contribution is -0.116. The molecular weight excluding hydrogens is 400 g/mol. The summed E-state index contributed by atoms with van der Waals surface area (Å²) in [6, 6.07) is 9.54. The second-order valence-electron chi connectivity index (χ2n) is 6.08. The van der Waals surface area contributed by atoms with Gasteiger partial charge in [0.15, 0.2) is 0 Å². The van der Waals surface area contributed by atoms with E-state index in [4.69, 9.17) is 4.74 Å². The molecule has 2 aromatic carbocycles. The van der Waals surface area contributed by atoms with Crippen molar-refractivity contribution in [1.82, 2.24) is 4.98 Å². The van der Waals surface area contributed by atoms with Crippen molar-refractivity contribution >= 4 is 34.5 Å². The number of nitrogens with one attached hydrogen (secondary N) is 2. The molecular formula is C20H17F2N3O3S. The molecule has 2 N–H and O–H groups in total. The van der Waals surface area contributed by atoms with Crippen LogP contribution < -0.4 is 15.4 Å². The summed E-state index contributed by atoms with van der Waals surface area (Å²) >= 11 is 1.32. The highest BCUT2D eigenvalue weighted by Crippen LogP contribution is 2.21. The number of halogens is 2. The molecule has 0 saturated heterocycles. The predicted octanol–water partition coefficient (Wildman–Crippen LogP) is 4.14. The Labute approximate surface area is 169 Å². The fourth-order valence-corrected chi connectivity index (χ4v) is 3.14. The number of rotatable bonds is 7. The number of anilines is 2. The minimum Gasteiger partial charge on any atom is -0.486 e. The van der Waals surface area contributed by atoms with Crippen molar-refractivity contribution in [3.8, 4) is 5.75 Å². The normalized spacial score (nSPS) is 10.4. The van der Waals surface area contributed by atoms with Gasteiger partial charge >= 0.3 is 0 Å². The number of ether oxygens (including phenoxy) is 1. The van der Waals surface area contributed by atoms with Gasteiger partial charge in [0.1, 0.15) is 29.0 Å². The number of hydrogen-bond donors (Lipinski definition) is 2. The summed E-state index contributed by atoms with van der Waals surface area (Å²) in [5.41, 5.74) is 0.864. The SMILES string of the molecule is CC(=O)Nc1ccc(F)c(NC(=O)Cc2csc(COc3ccc(F)cc3)n2)c1. The number of hydrogen-bond acceptors (Lipinski definition) is 5. The van der Waals surface area contributed by atoms with E-state index in [9.17, 15) is 18.4 Å². The Hall–Kier alpha value is -3.33. The highest BCUT2D eigenvalue weighted by molar-refractivity contribution is 7.09. The van der Waals surface area contributed by atoms with Crippen molar-refractivity contribution in [1.29, 1.82) is 0 Å². The maximum Gasteiger partial charge on any atom is 0.230 e. The molecule has 150 valence electrons. The maximum absolute atomic E-state index is 13.9.